The zero-order valence-corrected chi connectivity index (χ0v) is 9.21. The number of ketones is 1. The van der Waals surface area contributed by atoms with Crippen molar-refractivity contribution in [3.63, 3.8) is 0 Å². The molecule has 82 valence electrons. The number of aryl methyl sites for hydroxylation is 2. The van der Waals surface area contributed by atoms with E-state index in [0.29, 0.717) is 23.9 Å². The monoisotopic (exact) mass is 216 g/mol. The normalized spacial score (nSPS) is 10.4. The molecule has 5 nitrogen and oxygen atoms in total. The van der Waals surface area contributed by atoms with Gasteiger partial charge in [-0.25, -0.2) is 15.0 Å². The van der Waals surface area contributed by atoms with Crippen LogP contribution in [0.15, 0.2) is 24.7 Å². The summed E-state index contributed by atoms with van der Waals surface area (Å²) in [6, 6.07) is 1.60. The van der Waals surface area contributed by atoms with E-state index in [-0.39, 0.29) is 5.78 Å². The van der Waals surface area contributed by atoms with E-state index in [4.69, 9.17) is 0 Å². The molecule has 0 unspecified atom stereocenters. The quantitative estimate of drug-likeness (QED) is 0.724. The van der Waals surface area contributed by atoms with E-state index in [9.17, 15) is 4.79 Å². The molecule has 5 heteroatoms. The van der Waals surface area contributed by atoms with Crippen molar-refractivity contribution in [3.8, 4) is 0 Å². The molecule has 0 aliphatic carbocycles. The Hall–Kier alpha value is -2.04. The Bertz CT molecular complexity index is 518. The van der Waals surface area contributed by atoms with Crippen LogP contribution < -0.4 is 0 Å². The zero-order valence-electron chi connectivity index (χ0n) is 9.21. The molecule has 16 heavy (non-hydrogen) atoms. The van der Waals surface area contributed by atoms with Crippen molar-refractivity contribution >= 4 is 5.78 Å². The molecule has 0 amide bonds. The van der Waals surface area contributed by atoms with Gasteiger partial charge in [0.1, 0.15) is 11.5 Å². The van der Waals surface area contributed by atoms with Crippen molar-refractivity contribution in [1.82, 2.24) is 19.5 Å². The van der Waals surface area contributed by atoms with Crippen LogP contribution >= 0.6 is 0 Å². The number of rotatable bonds is 3. The molecule has 2 rings (SSSR count). The van der Waals surface area contributed by atoms with Gasteiger partial charge < -0.3 is 4.57 Å². The second-order valence-electron chi connectivity index (χ2n) is 3.36. The van der Waals surface area contributed by atoms with Gasteiger partial charge in [0.25, 0.3) is 0 Å². The van der Waals surface area contributed by atoms with E-state index >= 15 is 0 Å². The Morgan fingerprint density at radius 1 is 1.38 bits per heavy atom. The molecule has 0 aliphatic rings. The molecule has 0 radical (unpaired) electrons. The Kier molecular flexibility index (Phi) is 2.76. The van der Waals surface area contributed by atoms with Gasteiger partial charge in [-0.05, 0) is 19.9 Å². The van der Waals surface area contributed by atoms with Gasteiger partial charge in [-0.1, -0.05) is 0 Å². The molecule has 0 atom stereocenters. The fourth-order valence-electron chi connectivity index (χ4n) is 1.47. The minimum absolute atomic E-state index is 0.169. The number of hydrogen-bond donors (Lipinski definition) is 0. The highest BCUT2D eigenvalue weighted by Gasteiger charge is 2.15. The zero-order chi connectivity index (χ0) is 11.5. The molecule has 0 aliphatic heterocycles. The van der Waals surface area contributed by atoms with Gasteiger partial charge in [0.2, 0.25) is 5.78 Å². The lowest BCUT2D eigenvalue weighted by Gasteiger charge is -2.03. The van der Waals surface area contributed by atoms with Crippen molar-refractivity contribution in [2.75, 3.05) is 0 Å². The number of imidazole rings is 1. The van der Waals surface area contributed by atoms with Crippen molar-refractivity contribution in [2.45, 2.75) is 20.4 Å². The Morgan fingerprint density at radius 2 is 2.19 bits per heavy atom. The first-order chi connectivity index (χ1) is 7.72. The van der Waals surface area contributed by atoms with Crippen LogP contribution in [0.25, 0.3) is 0 Å². The number of nitrogens with zero attached hydrogens (tertiary/aromatic N) is 4. The summed E-state index contributed by atoms with van der Waals surface area (Å²) in [7, 11) is 0. The largest absolute Gasteiger partial charge is 0.328 e. The first-order valence-electron chi connectivity index (χ1n) is 5.08. The molecule has 0 aromatic carbocycles. The van der Waals surface area contributed by atoms with Crippen LogP contribution in [0, 0.1) is 6.92 Å². The van der Waals surface area contributed by atoms with Gasteiger partial charge in [0.05, 0.1) is 0 Å². The molecule has 0 spiro atoms. The summed E-state index contributed by atoms with van der Waals surface area (Å²) >= 11 is 0. The van der Waals surface area contributed by atoms with E-state index in [2.05, 4.69) is 15.0 Å². The van der Waals surface area contributed by atoms with Crippen LogP contribution in [0.2, 0.25) is 0 Å². The third-order valence-electron chi connectivity index (χ3n) is 2.27. The molecule has 2 aromatic heterocycles. The summed E-state index contributed by atoms with van der Waals surface area (Å²) in [4.78, 5) is 24.2. The van der Waals surface area contributed by atoms with E-state index < -0.39 is 0 Å². The van der Waals surface area contributed by atoms with Gasteiger partial charge in [-0.3, -0.25) is 4.79 Å². The second-order valence-corrected chi connectivity index (χ2v) is 3.36. The standard InChI is InChI=1S/C11H12N4O/c1-3-15-7-6-13-11(15)10(16)9-4-5-12-8(2)14-9/h4-7H,3H2,1-2H3. The molecule has 2 heterocycles. The van der Waals surface area contributed by atoms with Crippen molar-refractivity contribution in [3.05, 3.63) is 42.0 Å². The van der Waals surface area contributed by atoms with Crippen LogP contribution in [0.5, 0.6) is 0 Å². The summed E-state index contributed by atoms with van der Waals surface area (Å²) in [5.41, 5.74) is 0.383. The molecule has 2 aromatic rings. The van der Waals surface area contributed by atoms with Crippen LogP contribution in [0.4, 0.5) is 0 Å². The fourth-order valence-corrected chi connectivity index (χ4v) is 1.47. The summed E-state index contributed by atoms with van der Waals surface area (Å²) in [5, 5.41) is 0. The molecule has 0 fully saturated rings. The fraction of sp³-hybridized carbons (Fsp3) is 0.273. The van der Waals surface area contributed by atoms with E-state index in [1.807, 2.05) is 6.92 Å². The minimum Gasteiger partial charge on any atom is -0.328 e. The average Bonchev–Trinajstić information content (AvgIpc) is 2.76. The average molecular weight is 216 g/mol. The van der Waals surface area contributed by atoms with Gasteiger partial charge in [-0.15, -0.1) is 0 Å². The molecular weight excluding hydrogens is 204 g/mol. The first-order valence-corrected chi connectivity index (χ1v) is 5.08. The molecular formula is C11H12N4O. The topological polar surface area (TPSA) is 60.7 Å². The lowest BCUT2D eigenvalue weighted by Crippen LogP contribution is -2.12. The van der Waals surface area contributed by atoms with Crippen LogP contribution in [0.1, 0.15) is 29.1 Å². The number of hydrogen-bond acceptors (Lipinski definition) is 4. The third-order valence-corrected chi connectivity index (χ3v) is 2.27. The van der Waals surface area contributed by atoms with Gasteiger partial charge >= 0.3 is 0 Å². The number of carbonyl (C=O) groups excluding carboxylic acids is 1. The maximum absolute atomic E-state index is 12.1. The Balaban J connectivity index is 2.39. The highest BCUT2D eigenvalue weighted by atomic mass is 16.1. The third kappa shape index (κ3) is 1.84. The summed E-state index contributed by atoms with van der Waals surface area (Å²) in [5.74, 6) is 0.832. The molecule has 0 N–H and O–H groups in total. The maximum atomic E-state index is 12.1. The summed E-state index contributed by atoms with van der Waals surface area (Å²) < 4.78 is 1.79. The van der Waals surface area contributed by atoms with Crippen LogP contribution in [-0.4, -0.2) is 25.3 Å². The van der Waals surface area contributed by atoms with E-state index in [1.54, 1.807) is 36.1 Å². The lowest BCUT2D eigenvalue weighted by molar-refractivity contribution is 0.102. The van der Waals surface area contributed by atoms with Gasteiger partial charge in [0, 0.05) is 25.1 Å². The van der Waals surface area contributed by atoms with Crippen molar-refractivity contribution < 1.29 is 4.79 Å². The predicted molar refractivity (Wildman–Crippen MR) is 58.1 cm³/mol. The maximum Gasteiger partial charge on any atom is 0.246 e. The summed E-state index contributed by atoms with van der Waals surface area (Å²) in [6.45, 7) is 4.43. The van der Waals surface area contributed by atoms with E-state index in [0.717, 1.165) is 0 Å². The number of aromatic nitrogens is 4. The summed E-state index contributed by atoms with van der Waals surface area (Å²) in [6.07, 6.45) is 4.97. The molecule has 0 saturated heterocycles. The predicted octanol–water partition coefficient (Wildman–Crippen LogP) is 1.23. The van der Waals surface area contributed by atoms with Gasteiger partial charge in [0.15, 0.2) is 5.82 Å². The van der Waals surface area contributed by atoms with Crippen molar-refractivity contribution in [1.29, 1.82) is 0 Å². The minimum atomic E-state index is -0.169. The Labute approximate surface area is 93.2 Å². The van der Waals surface area contributed by atoms with Crippen molar-refractivity contribution in [2.24, 2.45) is 0 Å². The molecule has 0 bridgehead atoms. The second kappa shape index (κ2) is 4.22. The van der Waals surface area contributed by atoms with Crippen LogP contribution in [-0.2, 0) is 6.54 Å². The lowest BCUT2D eigenvalue weighted by atomic mass is 10.2. The smallest absolute Gasteiger partial charge is 0.246 e. The number of carbonyl (C=O) groups is 1. The van der Waals surface area contributed by atoms with Crippen LogP contribution in [0.3, 0.4) is 0 Å². The van der Waals surface area contributed by atoms with E-state index in [1.165, 1.54) is 0 Å². The highest BCUT2D eigenvalue weighted by Crippen LogP contribution is 2.05. The highest BCUT2D eigenvalue weighted by molar-refractivity contribution is 6.05. The molecule has 0 saturated carbocycles. The Morgan fingerprint density at radius 3 is 2.88 bits per heavy atom. The SMILES string of the molecule is CCn1ccnc1C(=O)c1ccnc(C)n1. The van der Waals surface area contributed by atoms with Gasteiger partial charge in [-0.2, -0.15) is 0 Å². The first kappa shape index (κ1) is 10.5.